The molecule has 0 aromatic heterocycles. The molecule has 0 saturated heterocycles. The Morgan fingerprint density at radius 2 is 1.61 bits per heavy atom. The second kappa shape index (κ2) is 8.43. The molecule has 0 spiro atoms. The molecule has 2 amide bonds. The normalized spacial score (nSPS) is 11.4. The fourth-order valence-electron chi connectivity index (χ4n) is 2.85. The first-order chi connectivity index (χ1) is 13.1. The van der Waals surface area contributed by atoms with E-state index in [1.54, 1.807) is 32.9 Å². The monoisotopic (exact) mass is 404 g/mol. The van der Waals surface area contributed by atoms with Gasteiger partial charge in [0.15, 0.2) is 9.84 Å². The van der Waals surface area contributed by atoms with Gasteiger partial charge in [0.2, 0.25) is 5.91 Å². The number of rotatable bonds is 8. The molecule has 4 N–H and O–H groups in total. The Morgan fingerprint density at radius 3 is 2.07 bits per heavy atom. The second-order valence-corrected chi connectivity index (χ2v) is 8.86. The molecule has 2 aromatic rings. The molecule has 150 valence electrons. The van der Waals surface area contributed by atoms with Gasteiger partial charge < -0.3 is 16.2 Å². The Kier molecular flexibility index (Phi) is 6.45. The van der Waals surface area contributed by atoms with Crippen molar-refractivity contribution in [3.63, 3.8) is 0 Å². The highest BCUT2D eigenvalue weighted by molar-refractivity contribution is 7.91. The van der Waals surface area contributed by atoms with Crippen LogP contribution in [0, 0.1) is 0 Å². The first-order valence-corrected chi connectivity index (χ1v) is 10.5. The maximum absolute atomic E-state index is 12.1. The van der Waals surface area contributed by atoms with Crippen LogP contribution in [0.4, 0.5) is 0 Å². The summed E-state index contributed by atoms with van der Waals surface area (Å²) in [6.45, 7) is 5.18. The second-order valence-electron chi connectivity index (χ2n) is 6.58. The van der Waals surface area contributed by atoms with Crippen LogP contribution in [0.2, 0.25) is 0 Å². The number of ether oxygens (including phenoxy) is 1. The molecule has 0 aliphatic rings. The molecule has 0 aliphatic heterocycles. The molecule has 2 rings (SSSR count). The largest absolute Gasteiger partial charge is 0.490 e. The summed E-state index contributed by atoms with van der Waals surface area (Å²) in [6, 6.07) is 9.26. The first-order valence-electron chi connectivity index (χ1n) is 8.80. The average Bonchev–Trinajstić information content (AvgIpc) is 2.61. The van der Waals surface area contributed by atoms with Crippen LogP contribution in [-0.4, -0.2) is 32.1 Å². The van der Waals surface area contributed by atoms with E-state index in [4.69, 9.17) is 16.2 Å². The van der Waals surface area contributed by atoms with Crippen LogP contribution in [0.3, 0.4) is 0 Å². The van der Waals surface area contributed by atoms with Crippen molar-refractivity contribution in [1.29, 1.82) is 0 Å². The van der Waals surface area contributed by atoms with Crippen molar-refractivity contribution in [1.82, 2.24) is 0 Å². The SMILES string of the molecule is CCS(=O)(=O)c1ccc(Cc2c(C(N)=O)ccc(OC(C)C)c2C(N)=O)cc1. The number of primary amides is 2. The third-order valence-corrected chi connectivity index (χ3v) is 5.94. The van der Waals surface area contributed by atoms with Gasteiger partial charge in [-0.3, -0.25) is 9.59 Å². The number of hydrogen-bond acceptors (Lipinski definition) is 5. The lowest BCUT2D eigenvalue weighted by Gasteiger charge is -2.18. The highest BCUT2D eigenvalue weighted by atomic mass is 32.2. The summed E-state index contributed by atoms with van der Waals surface area (Å²) in [6.07, 6.45) is -0.0397. The quantitative estimate of drug-likeness (QED) is 0.695. The Balaban J connectivity index is 2.56. The van der Waals surface area contributed by atoms with E-state index in [1.807, 2.05) is 0 Å². The molecule has 0 radical (unpaired) electrons. The van der Waals surface area contributed by atoms with Crippen molar-refractivity contribution in [2.24, 2.45) is 11.5 Å². The smallest absolute Gasteiger partial charge is 0.252 e. The van der Waals surface area contributed by atoms with Gasteiger partial charge in [0, 0.05) is 5.56 Å². The molecule has 28 heavy (non-hydrogen) atoms. The van der Waals surface area contributed by atoms with Crippen LogP contribution >= 0.6 is 0 Å². The number of sulfone groups is 1. The predicted molar refractivity (Wildman–Crippen MR) is 106 cm³/mol. The van der Waals surface area contributed by atoms with Gasteiger partial charge in [0.05, 0.1) is 22.3 Å². The van der Waals surface area contributed by atoms with Crippen molar-refractivity contribution in [2.75, 3.05) is 5.75 Å². The molecular formula is C20H24N2O5S. The lowest BCUT2D eigenvalue weighted by molar-refractivity contribution is 0.0993. The average molecular weight is 404 g/mol. The fraction of sp³-hybridized carbons (Fsp3) is 0.300. The van der Waals surface area contributed by atoms with E-state index in [1.165, 1.54) is 24.3 Å². The van der Waals surface area contributed by atoms with E-state index in [0.29, 0.717) is 11.1 Å². The summed E-state index contributed by atoms with van der Waals surface area (Å²) < 4.78 is 29.6. The van der Waals surface area contributed by atoms with Gasteiger partial charge in [0.25, 0.3) is 5.91 Å². The Labute approximate surface area is 164 Å². The topological polar surface area (TPSA) is 130 Å². The van der Waals surface area contributed by atoms with Crippen LogP contribution in [-0.2, 0) is 16.3 Å². The van der Waals surface area contributed by atoms with E-state index in [-0.39, 0.29) is 40.0 Å². The summed E-state index contributed by atoms with van der Waals surface area (Å²) in [5, 5.41) is 0. The molecule has 0 fully saturated rings. The summed E-state index contributed by atoms with van der Waals surface area (Å²) in [4.78, 5) is 24.2. The lowest BCUT2D eigenvalue weighted by Crippen LogP contribution is -2.22. The molecule has 2 aromatic carbocycles. The minimum Gasteiger partial charge on any atom is -0.490 e. The molecule has 0 aliphatic carbocycles. The Bertz CT molecular complexity index is 996. The van der Waals surface area contributed by atoms with Crippen molar-refractivity contribution in [2.45, 2.75) is 38.2 Å². The van der Waals surface area contributed by atoms with E-state index >= 15 is 0 Å². The van der Waals surface area contributed by atoms with Crippen LogP contribution in [0.15, 0.2) is 41.3 Å². The van der Waals surface area contributed by atoms with E-state index < -0.39 is 21.7 Å². The summed E-state index contributed by atoms with van der Waals surface area (Å²) in [5.74, 6) is -1.16. The summed E-state index contributed by atoms with van der Waals surface area (Å²) in [7, 11) is -3.32. The standard InChI is InChI=1S/C20H24N2O5S/c1-4-28(25,26)14-7-5-13(6-8-14)11-16-15(19(21)23)9-10-17(27-12(2)3)18(16)20(22)24/h5-10,12H,4,11H2,1-3H3,(H2,21,23)(H2,22,24). The van der Waals surface area contributed by atoms with Crippen LogP contribution in [0.25, 0.3) is 0 Å². The number of carbonyl (C=O) groups excluding carboxylic acids is 2. The zero-order valence-electron chi connectivity index (χ0n) is 16.1. The van der Waals surface area contributed by atoms with Gasteiger partial charge >= 0.3 is 0 Å². The minimum atomic E-state index is -3.32. The number of amides is 2. The summed E-state index contributed by atoms with van der Waals surface area (Å²) >= 11 is 0. The molecule has 7 nitrogen and oxygen atoms in total. The van der Waals surface area contributed by atoms with Gasteiger partial charge in [-0.25, -0.2) is 8.42 Å². The zero-order valence-corrected chi connectivity index (χ0v) is 16.9. The van der Waals surface area contributed by atoms with Crippen molar-refractivity contribution >= 4 is 21.7 Å². The van der Waals surface area contributed by atoms with E-state index in [2.05, 4.69) is 0 Å². The molecule has 0 heterocycles. The van der Waals surface area contributed by atoms with Gasteiger partial charge in [-0.05, 0) is 55.7 Å². The molecule has 0 unspecified atom stereocenters. The highest BCUT2D eigenvalue weighted by Crippen LogP contribution is 2.29. The van der Waals surface area contributed by atoms with E-state index in [0.717, 1.165) is 0 Å². The molecular weight excluding hydrogens is 380 g/mol. The van der Waals surface area contributed by atoms with Crippen molar-refractivity contribution in [3.8, 4) is 5.75 Å². The molecule has 0 atom stereocenters. The third kappa shape index (κ3) is 4.69. The number of nitrogens with two attached hydrogens (primary N) is 2. The molecule has 8 heteroatoms. The van der Waals surface area contributed by atoms with Crippen molar-refractivity contribution < 1.29 is 22.7 Å². The number of hydrogen-bond donors (Lipinski definition) is 2. The lowest BCUT2D eigenvalue weighted by atomic mass is 9.93. The Hall–Kier alpha value is -2.87. The highest BCUT2D eigenvalue weighted by Gasteiger charge is 2.22. The zero-order chi connectivity index (χ0) is 21.1. The van der Waals surface area contributed by atoms with Crippen molar-refractivity contribution in [3.05, 3.63) is 58.7 Å². The van der Waals surface area contributed by atoms with Gasteiger partial charge in [-0.15, -0.1) is 0 Å². The maximum atomic E-state index is 12.1. The maximum Gasteiger partial charge on any atom is 0.252 e. The Morgan fingerprint density at radius 1 is 1.00 bits per heavy atom. The predicted octanol–water partition coefficient (Wildman–Crippen LogP) is 2.06. The van der Waals surface area contributed by atoms with Gasteiger partial charge in [-0.1, -0.05) is 19.1 Å². The van der Waals surface area contributed by atoms with Crippen LogP contribution in [0.5, 0.6) is 5.75 Å². The van der Waals surface area contributed by atoms with Crippen LogP contribution in [0.1, 0.15) is 52.6 Å². The number of carbonyl (C=O) groups is 2. The van der Waals surface area contributed by atoms with Gasteiger partial charge in [-0.2, -0.15) is 0 Å². The first kappa shape index (κ1) is 21.4. The van der Waals surface area contributed by atoms with Gasteiger partial charge in [0.1, 0.15) is 5.75 Å². The number of benzene rings is 2. The fourth-order valence-corrected chi connectivity index (χ4v) is 3.73. The third-order valence-electron chi connectivity index (χ3n) is 4.19. The minimum absolute atomic E-state index is 0.00141. The van der Waals surface area contributed by atoms with Crippen LogP contribution < -0.4 is 16.2 Å². The van der Waals surface area contributed by atoms with E-state index in [9.17, 15) is 18.0 Å². The molecule has 0 saturated carbocycles. The summed E-state index contributed by atoms with van der Waals surface area (Å²) in [5.41, 5.74) is 12.3. The molecule has 0 bridgehead atoms.